The largest absolute Gasteiger partial charge is 0.395 e. The molecule has 0 aromatic rings. The van der Waals surface area contributed by atoms with Crippen molar-refractivity contribution in [1.29, 1.82) is 0 Å². The van der Waals surface area contributed by atoms with E-state index < -0.39 is 6.10 Å². The summed E-state index contributed by atoms with van der Waals surface area (Å²) in [7, 11) is 0. The van der Waals surface area contributed by atoms with Crippen LogP contribution >= 0.6 is 0 Å². The highest BCUT2D eigenvalue weighted by atomic mass is 16.3. The van der Waals surface area contributed by atoms with Gasteiger partial charge in [0.2, 0.25) is 0 Å². The fourth-order valence-electron chi connectivity index (χ4n) is 5.92. The number of fused-ring (bicyclic) bond motifs is 3. The van der Waals surface area contributed by atoms with Crippen LogP contribution < -0.4 is 0 Å². The zero-order valence-electron chi connectivity index (χ0n) is 15.0. The number of aliphatic hydroxyl groups excluding tert-OH is 3. The number of allylic oxidation sites excluding steroid dienone is 1. The van der Waals surface area contributed by atoms with Crippen molar-refractivity contribution in [3.05, 3.63) is 11.6 Å². The summed E-state index contributed by atoms with van der Waals surface area (Å²) in [6, 6.07) is 0. The van der Waals surface area contributed by atoms with Crippen LogP contribution in [0.3, 0.4) is 0 Å². The minimum absolute atomic E-state index is 0.0255. The summed E-state index contributed by atoms with van der Waals surface area (Å²) in [5.74, 6) is 1.17. The van der Waals surface area contributed by atoms with Gasteiger partial charge in [0.1, 0.15) is 0 Å². The van der Waals surface area contributed by atoms with Gasteiger partial charge in [-0.2, -0.15) is 0 Å². The number of hydrogen-bond acceptors (Lipinski definition) is 3. The average Bonchev–Trinajstić information content (AvgIpc) is 2.55. The highest BCUT2D eigenvalue weighted by molar-refractivity contribution is 5.27. The van der Waals surface area contributed by atoms with Crippen LogP contribution in [0, 0.1) is 28.1 Å². The third-order valence-electron chi connectivity index (χ3n) is 7.92. The first-order valence-corrected chi connectivity index (χ1v) is 9.39. The molecule has 0 spiro atoms. The Labute approximate surface area is 140 Å². The molecule has 0 saturated heterocycles. The van der Waals surface area contributed by atoms with Crippen LogP contribution in [0.2, 0.25) is 0 Å². The molecule has 3 aliphatic rings. The average molecular weight is 322 g/mol. The van der Waals surface area contributed by atoms with E-state index in [-0.39, 0.29) is 29.5 Å². The molecule has 3 heteroatoms. The maximum atomic E-state index is 10.3. The lowest BCUT2D eigenvalue weighted by molar-refractivity contribution is -0.0927. The van der Waals surface area contributed by atoms with Gasteiger partial charge in [-0.1, -0.05) is 38.8 Å². The fourth-order valence-corrected chi connectivity index (χ4v) is 5.92. The SMILES string of the molecule is C[C@@]1(CO)CCCC2C1=CCC1C[C@@](C)(C(O)CO)CC[C@@]12C. The molecule has 3 aliphatic carbocycles. The maximum absolute atomic E-state index is 10.3. The van der Waals surface area contributed by atoms with Crippen molar-refractivity contribution in [3.63, 3.8) is 0 Å². The maximum Gasteiger partial charge on any atom is 0.0824 e. The molecule has 2 fully saturated rings. The van der Waals surface area contributed by atoms with Crippen LogP contribution in [0.5, 0.6) is 0 Å². The molecule has 3 unspecified atom stereocenters. The van der Waals surface area contributed by atoms with Gasteiger partial charge in [0.05, 0.1) is 19.3 Å². The van der Waals surface area contributed by atoms with Crippen molar-refractivity contribution in [2.75, 3.05) is 13.2 Å². The first-order chi connectivity index (χ1) is 10.8. The van der Waals surface area contributed by atoms with Crippen LogP contribution in [-0.2, 0) is 0 Å². The molecule has 132 valence electrons. The predicted molar refractivity (Wildman–Crippen MR) is 91.9 cm³/mol. The Morgan fingerprint density at radius 2 is 1.91 bits per heavy atom. The number of hydrogen-bond donors (Lipinski definition) is 3. The van der Waals surface area contributed by atoms with E-state index in [2.05, 4.69) is 26.8 Å². The molecule has 2 saturated carbocycles. The first kappa shape index (κ1) is 17.4. The van der Waals surface area contributed by atoms with Crippen molar-refractivity contribution < 1.29 is 15.3 Å². The van der Waals surface area contributed by atoms with Gasteiger partial charge in [0.25, 0.3) is 0 Å². The normalized spacial score (nSPS) is 48.2. The molecular formula is C20H34O3. The Morgan fingerprint density at radius 1 is 1.17 bits per heavy atom. The van der Waals surface area contributed by atoms with E-state index in [9.17, 15) is 15.3 Å². The van der Waals surface area contributed by atoms with Gasteiger partial charge in [-0.25, -0.2) is 0 Å². The van der Waals surface area contributed by atoms with E-state index in [1.807, 2.05) is 0 Å². The Morgan fingerprint density at radius 3 is 2.57 bits per heavy atom. The lowest BCUT2D eigenvalue weighted by atomic mass is 9.46. The summed E-state index contributed by atoms with van der Waals surface area (Å²) in [5.41, 5.74) is 1.62. The fraction of sp³-hybridized carbons (Fsp3) is 0.900. The monoisotopic (exact) mass is 322 g/mol. The van der Waals surface area contributed by atoms with Crippen molar-refractivity contribution in [3.8, 4) is 0 Å². The molecule has 6 atom stereocenters. The standard InChI is InChI=1S/C20H34O3/c1-18(17(23)12-21)9-10-20(3)14(11-18)6-7-15-16(20)5-4-8-19(15,2)13-22/h7,14,16-17,21-23H,4-6,8-13H2,1-3H3/t14?,16?,17?,18-,19-,20-/m0/s1. The quantitative estimate of drug-likeness (QED) is 0.699. The lowest BCUT2D eigenvalue weighted by Gasteiger charge is -2.59. The molecule has 3 nitrogen and oxygen atoms in total. The molecule has 3 rings (SSSR count). The van der Waals surface area contributed by atoms with Crippen LogP contribution in [0.4, 0.5) is 0 Å². The van der Waals surface area contributed by atoms with Gasteiger partial charge < -0.3 is 15.3 Å². The third-order valence-corrected chi connectivity index (χ3v) is 7.92. The highest BCUT2D eigenvalue weighted by Gasteiger charge is 2.55. The number of aliphatic hydroxyl groups is 3. The minimum atomic E-state index is -0.605. The second-order valence-electron chi connectivity index (χ2n) is 9.32. The summed E-state index contributed by atoms with van der Waals surface area (Å²) in [4.78, 5) is 0. The molecule has 0 heterocycles. The van der Waals surface area contributed by atoms with E-state index in [4.69, 9.17) is 0 Å². The van der Waals surface area contributed by atoms with Gasteiger partial charge in [-0.05, 0) is 61.2 Å². The van der Waals surface area contributed by atoms with Crippen LogP contribution in [0.1, 0.15) is 65.7 Å². The van der Waals surface area contributed by atoms with Crippen molar-refractivity contribution in [2.45, 2.75) is 71.8 Å². The Balaban J connectivity index is 1.90. The Bertz CT molecular complexity index is 487. The molecular weight excluding hydrogens is 288 g/mol. The van der Waals surface area contributed by atoms with Crippen molar-refractivity contribution >= 4 is 0 Å². The van der Waals surface area contributed by atoms with Crippen LogP contribution in [0.15, 0.2) is 11.6 Å². The molecule has 3 N–H and O–H groups in total. The van der Waals surface area contributed by atoms with E-state index in [0.29, 0.717) is 11.8 Å². The summed E-state index contributed by atoms with van der Waals surface area (Å²) in [5, 5.41) is 29.6. The van der Waals surface area contributed by atoms with Gasteiger partial charge in [-0.15, -0.1) is 0 Å². The Kier molecular flexibility index (Phi) is 4.44. The highest BCUT2D eigenvalue weighted by Crippen LogP contribution is 2.63. The lowest BCUT2D eigenvalue weighted by Crippen LogP contribution is -2.52. The smallest absolute Gasteiger partial charge is 0.0824 e. The molecule has 0 aromatic carbocycles. The van der Waals surface area contributed by atoms with Gasteiger partial charge in [-0.3, -0.25) is 0 Å². The molecule has 0 aromatic heterocycles. The summed E-state index contributed by atoms with van der Waals surface area (Å²) in [6.07, 6.45) is 9.54. The second kappa shape index (κ2) is 5.86. The van der Waals surface area contributed by atoms with E-state index in [0.717, 1.165) is 32.1 Å². The third kappa shape index (κ3) is 2.60. The van der Waals surface area contributed by atoms with Crippen molar-refractivity contribution in [2.24, 2.45) is 28.1 Å². The summed E-state index contributed by atoms with van der Waals surface area (Å²) in [6.45, 7) is 6.95. The van der Waals surface area contributed by atoms with E-state index >= 15 is 0 Å². The van der Waals surface area contributed by atoms with Gasteiger partial charge in [0.15, 0.2) is 0 Å². The van der Waals surface area contributed by atoms with Crippen LogP contribution in [-0.4, -0.2) is 34.6 Å². The zero-order chi connectivity index (χ0) is 16.9. The molecule has 0 amide bonds. The predicted octanol–water partition coefficient (Wildman–Crippen LogP) is 3.28. The first-order valence-electron chi connectivity index (χ1n) is 9.39. The summed E-state index contributed by atoms with van der Waals surface area (Å²) >= 11 is 0. The number of rotatable bonds is 3. The summed E-state index contributed by atoms with van der Waals surface area (Å²) < 4.78 is 0. The topological polar surface area (TPSA) is 60.7 Å². The second-order valence-corrected chi connectivity index (χ2v) is 9.32. The van der Waals surface area contributed by atoms with Crippen molar-refractivity contribution in [1.82, 2.24) is 0 Å². The molecule has 0 aliphatic heterocycles. The minimum Gasteiger partial charge on any atom is -0.395 e. The molecule has 0 radical (unpaired) electrons. The van der Waals surface area contributed by atoms with E-state index in [1.54, 1.807) is 0 Å². The van der Waals surface area contributed by atoms with E-state index in [1.165, 1.54) is 18.4 Å². The Hall–Kier alpha value is -0.380. The van der Waals surface area contributed by atoms with Crippen LogP contribution in [0.25, 0.3) is 0 Å². The zero-order valence-corrected chi connectivity index (χ0v) is 15.0. The molecule has 23 heavy (non-hydrogen) atoms. The molecule has 0 bridgehead atoms. The van der Waals surface area contributed by atoms with Gasteiger partial charge in [0, 0.05) is 5.41 Å². The van der Waals surface area contributed by atoms with Gasteiger partial charge >= 0.3 is 0 Å².